The molecule has 0 aromatic heterocycles. The van der Waals surface area contributed by atoms with Crippen LogP contribution in [0.25, 0.3) is 0 Å². The normalized spacial score (nSPS) is 23.8. The summed E-state index contributed by atoms with van der Waals surface area (Å²) in [5.74, 6) is -0.359. The minimum Gasteiger partial charge on any atom is -0.487 e. The van der Waals surface area contributed by atoms with Crippen LogP contribution < -0.4 is 9.47 Å². The molecule has 2 unspecified atom stereocenters. The highest BCUT2D eigenvalue weighted by Crippen LogP contribution is 2.32. The SMILES string of the molecule is O=C(O)c1cccc(OCC2CO2)c1OCC1CO1. The van der Waals surface area contributed by atoms with E-state index in [4.69, 9.17) is 24.1 Å². The van der Waals surface area contributed by atoms with Crippen molar-refractivity contribution in [2.24, 2.45) is 0 Å². The zero-order valence-corrected chi connectivity index (χ0v) is 10.2. The second-order valence-corrected chi connectivity index (χ2v) is 4.47. The van der Waals surface area contributed by atoms with Crippen molar-refractivity contribution in [3.05, 3.63) is 23.8 Å². The van der Waals surface area contributed by atoms with Gasteiger partial charge in [-0.15, -0.1) is 0 Å². The number of carboxylic acid groups (broad SMARTS) is 1. The van der Waals surface area contributed by atoms with Crippen molar-refractivity contribution in [3.8, 4) is 11.5 Å². The second-order valence-electron chi connectivity index (χ2n) is 4.47. The van der Waals surface area contributed by atoms with Crippen LogP contribution in [-0.2, 0) is 9.47 Å². The third-order valence-corrected chi connectivity index (χ3v) is 2.85. The minimum atomic E-state index is -1.04. The van der Waals surface area contributed by atoms with Gasteiger partial charge < -0.3 is 24.1 Å². The number of epoxide rings is 2. The van der Waals surface area contributed by atoms with E-state index in [2.05, 4.69) is 0 Å². The zero-order valence-electron chi connectivity index (χ0n) is 10.2. The highest BCUT2D eigenvalue weighted by atomic mass is 16.6. The topological polar surface area (TPSA) is 80.8 Å². The molecule has 6 nitrogen and oxygen atoms in total. The van der Waals surface area contributed by atoms with Gasteiger partial charge >= 0.3 is 5.97 Å². The van der Waals surface area contributed by atoms with Crippen molar-refractivity contribution in [2.45, 2.75) is 12.2 Å². The third-order valence-electron chi connectivity index (χ3n) is 2.85. The molecular formula is C13H14O6. The van der Waals surface area contributed by atoms with Crippen molar-refractivity contribution in [3.63, 3.8) is 0 Å². The molecule has 0 saturated carbocycles. The number of aromatic carboxylic acids is 1. The standard InChI is InChI=1S/C13H14O6/c14-13(15)10-2-1-3-11(18-6-8-4-16-8)12(10)19-7-9-5-17-9/h1-3,8-9H,4-7H2,(H,14,15). The van der Waals surface area contributed by atoms with Crippen LogP contribution >= 0.6 is 0 Å². The molecule has 0 bridgehead atoms. The smallest absolute Gasteiger partial charge is 0.339 e. The van der Waals surface area contributed by atoms with Crippen LogP contribution in [0.4, 0.5) is 0 Å². The van der Waals surface area contributed by atoms with E-state index in [0.717, 1.165) is 0 Å². The molecule has 0 aliphatic carbocycles. The van der Waals surface area contributed by atoms with E-state index >= 15 is 0 Å². The van der Waals surface area contributed by atoms with Crippen LogP contribution in [0.5, 0.6) is 11.5 Å². The van der Waals surface area contributed by atoms with Crippen molar-refractivity contribution < 1.29 is 28.8 Å². The Morgan fingerprint density at radius 1 is 1.21 bits per heavy atom. The Morgan fingerprint density at radius 2 is 1.84 bits per heavy atom. The van der Waals surface area contributed by atoms with Crippen LogP contribution in [0.3, 0.4) is 0 Å². The van der Waals surface area contributed by atoms with Crippen LogP contribution in [0.2, 0.25) is 0 Å². The lowest BCUT2D eigenvalue weighted by atomic mass is 10.2. The molecule has 1 N–H and O–H groups in total. The van der Waals surface area contributed by atoms with Gasteiger partial charge in [-0.2, -0.15) is 0 Å². The largest absolute Gasteiger partial charge is 0.487 e. The first-order chi connectivity index (χ1) is 9.24. The summed E-state index contributed by atoms with van der Waals surface area (Å²) in [6, 6.07) is 4.82. The summed E-state index contributed by atoms with van der Waals surface area (Å²) in [4.78, 5) is 11.2. The van der Waals surface area contributed by atoms with Gasteiger partial charge in [-0.1, -0.05) is 6.07 Å². The Hall–Kier alpha value is -1.79. The average Bonchev–Trinajstić information content (AvgIpc) is 3.27. The lowest BCUT2D eigenvalue weighted by Gasteiger charge is -2.13. The maximum Gasteiger partial charge on any atom is 0.339 e. The third kappa shape index (κ3) is 3.15. The van der Waals surface area contributed by atoms with E-state index in [-0.39, 0.29) is 23.5 Å². The molecule has 102 valence electrons. The fraction of sp³-hybridized carbons (Fsp3) is 0.462. The van der Waals surface area contributed by atoms with Crippen LogP contribution in [0.15, 0.2) is 18.2 Å². The first-order valence-electron chi connectivity index (χ1n) is 6.09. The number of benzene rings is 1. The van der Waals surface area contributed by atoms with E-state index in [0.29, 0.717) is 32.2 Å². The Balaban J connectivity index is 1.77. The van der Waals surface area contributed by atoms with Crippen LogP contribution in [-0.4, -0.2) is 49.7 Å². The first-order valence-corrected chi connectivity index (χ1v) is 6.09. The molecule has 2 heterocycles. The van der Waals surface area contributed by atoms with Crippen molar-refractivity contribution in [1.29, 1.82) is 0 Å². The lowest BCUT2D eigenvalue weighted by Crippen LogP contribution is -2.11. The summed E-state index contributed by atoms with van der Waals surface area (Å²) in [6.45, 7) is 2.08. The Morgan fingerprint density at radius 3 is 2.42 bits per heavy atom. The Kier molecular flexibility index (Phi) is 3.27. The average molecular weight is 266 g/mol. The fourth-order valence-electron chi connectivity index (χ4n) is 1.63. The van der Waals surface area contributed by atoms with Gasteiger partial charge in [0.25, 0.3) is 0 Å². The van der Waals surface area contributed by atoms with Gasteiger partial charge in [0, 0.05) is 0 Å². The van der Waals surface area contributed by atoms with E-state index < -0.39 is 5.97 Å². The highest BCUT2D eigenvalue weighted by molar-refractivity contribution is 5.92. The first kappa shape index (κ1) is 12.3. The number of hydrogen-bond donors (Lipinski definition) is 1. The van der Waals surface area contributed by atoms with E-state index in [9.17, 15) is 4.79 Å². The van der Waals surface area contributed by atoms with E-state index in [1.807, 2.05) is 0 Å². The summed E-state index contributed by atoms with van der Waals surface area (Å²) in [5, 5.41) is 9.17. The maximum absolute atomic E-state index is 11.2. The Labute approximate surface area is 109 Å². The molecule has 1 aromatic rings. The highest BCUT2D eigenvalue weighted by Gasteiger charge is 2.27. The lowest BCUT2D eigenvalue weighted by molar-refractivity contribution is 0.0690. The predicted molar refractivity (Wildman–Crippen MR) is 63.9 cm³/mol. The van der Waals surface area contributed by atoms with Crippen molar-refractivity contribution in [2.75, 3.05) is 26.4 Å². The Bertz CT molecular complexity index is 478. The minimum absolute atomic E-state index is 0.0569. The van der Waals surface area contributed by atoms with Crippen molar-refractivity contribution >= 4 is 5.97 Å². The van der Waals surface area contributed by atoms with Gasteiger partial charge in [0.15, 0.2) is 11.5 Å². The van der Waals surface area contributed by atoms with E-state index in [1.165, 1.54) is 6.07 Å². The molecule has 3 rings (SSSR count). The van der Waals surface area contributed by atoms with Gasteiger partial charge in [0.2, 0.25) is 0 Å². The van der Waals surface area contributed by atoms with Gasteiger partial charge in [-0.3, -0.25) is 0 Å². The molecule has 0 amide bonds. The van der Waals surface area contributed by atoms with Gasteiger partial charge in [-0.25, -0.2) is 4.79 Å². The number of carboxylic acids is 1. The van der Waals surface area contributed by atoms with Crippen LogP contribution in [0.1, 0.15) is 10.4 Å². The summed E-state index contributed by atoms with van der Waals surface area (Å²) >= 11 is 0. The zero-order chi connectivity index (χ0) is 13.2. The van der Waals surface area contributed by atoms with Gasteiger partial charge in [0.05, 0.1) is 13.2 Å². The molecule has 2 saturated heterocycles. The molecule has 2 fully saturated rings. The van der Waals surface area contributed by atoms with Gasteiger partial charge in [-0.05, 0) is 12.1 Å². The molecule has 1 aromatic carbocycles. The van der Waals surface area contributed by atoms with E-state index in [1.54, 1.807) is 12.1 Å². The quantitative estimate of drug-likeness (QED) is 0.740. The molecule has 0 spiro atoms. The number of hydrogen-bond acceptors (Lipinski definition) is 5. The molecule has 2 aliphatic heterocycles. The molecule has 2 aliphatic rings. The molecule has 19 heavy (non-hydrogen) atoms. The molecule has 0 radical (unpaired) electrons. The summed E-state index contributed by atoms with van der Waals surface area (Å²) in [6.07, 6.45) is 0.162. The number of rotatable bonds is 7. The summed E-state index contributed by atoms with van der Waals surface area (Å²) < 4.78 is 21.2. The summed E-state index contributed by atoms with van der Waals surface area (Å²) in [5.41, 5.74) is 0.0925. The fourth-order valence-corrected chi connectivity index (χ4v) is 1.63. The molecular weight excluding hydrogens is 252 g/mol. The number of para-hydroxylation sites is 1. The van der Waals surface area contributed by atoms with Crippen LogP contribution in [0, 0.1) is 0 Å². The van der Waals surface area contributed by atoms with Gasteiger partial charge in [0.1, 0.15) is 31.0 Å². The molecule has 6 heteroatoms. The monoisotopic (exact) mass is 266 g/mol. The second kappa shape index (κ2) is 5.07. The molecule has 2 atom stereocenters. The summed E-state index contributed by atoms with van der Waals surface area (Å²) in [7, 11) is 0. The number of ether oxygens (including phenoxy) is 4. The van der Waals surface area contributed by atoms with Crippen molar-refractivity contribution in [1.82, 2.24) is 0 Å². The maximum atomic E-state index is 11.2. The number of carbonyl (C=O) groups is 1. The predicted octanol–water partition coefficient (Wildman–Crippen LogP) is 0.940.